The number of pyridine rings is 1. The average molecular weight is 518 g/mol. The van der Waals surface area contributed by atoms with E-state index in [4.69, 9.17) is 5.10 Å². The number of carbonyl (C=O) groups is 1. The molecule has 0 spiro atoms. The van der Waals surface area contributed by atoms with Crippen molar-refractivity contribution < 1.29 is 4.79 Å². The third kappa shape index (κ3) is 4.02. The smallest absolute Gasteiger partial charge is 0.255 e. The van der Waals surface area contributed by atoms with Crippen LogP contribution in [0.5, 0.6) is 0 Å². The van der Waals surface area contributed by atoms with Crippen molar-refractivity contribution in [2.75, 3.05) is 5.32 Å². The Morgan fingerprint density at radius 2 is 1.68 bits per heavy atom. The van der Waals surface area contributed by atoms with E-state index in [1.54, 1.807) is 16.9 Å². The number of aromatic nitrogens is 5. The van der Waals surface area contributed by atoms with E-state index in [9.17, 15) is 4.79 Å². The number of benzene rings is 2. The lowest BCUT2D eigenvalue weighted by Crippen LogP contribution is -2.11. The number of hydrogen-bond acceptors (Lipinski definition) is 5. The molecule has 3 heterocycles. The van der Waals surface area contributed by atoms with Crippen molar-refractivity contribution in [2.45, 2.75) is 0 Å². The topological polar surface area (TPSA) is 85.1 Å². The fraction of sp³-hybridized carbons (Fsp3) is 0. The summed E-state index contributed by atoms with van der Waals surface area (Å²) in [5, 5.41) is 16.1. The first-order chi connectivity index (χ1) is 15.2. The molecule has 150 valence electrons. The van der Waals surface area contributed by atoms with Crippen molar-refractivity contribution in [3.8, 4) is 22.6 Å². The van der Waals surface area contributed by atoms with Gasteiger partial charge in [-0.3, -0.25) is 9.78 Å². The van der Waals surface area contributed by atoms with Gasteiger partial charge in [-0.2, -0.15) is 9.61 Å². The number of carbonyl (C=O) groups excluding carboxylic acids is 1. The maximum absolute atomic E-state index is 12.4. The maximum Gasteiger partial charge on any atom is 0.255 e. The first-order valence-corrected chi connectivity index (χ1v) is 10.6. The second kappa shape index (κ2) is 8.23. The minimum absolute atomic E-state index is 0.144. The Morgan fingerprint density at radius 3 is 2.42 bits per heavy atom. The van der Waals surface area contributed by atoms with Crippen LogP contribution < -0.4 is 5.32 Å². The standard InChI is InChI=1S/C23H15IN6O/c24-18-7-3-16(4-8-18)23(31)26-19-9-5-15(6-10-19)20-11-12-21-27-28-22(30(21)29-20)17-2-1-13-25-14-17/h1-14H,(H,26,31). The highest BCUT2D eigenvalue weighted by molar-refractivity contribution is 14.1. The van der Waals surface area contributed by atoms with Crippen LogP contribution in [0.15, 0.2) is 85.2 Å². The Kier molecular flexibility index (Phi) is 5.13. The van der Waals surface area contributed by atoms with Crippen molar-refractivity contribution in [2.24, 2.45) is 0 Å². The highest BCUT2D eigenvalue weighted by Gasteiger charge is 2.11. The van der Waals surface area contributed by atoms with Gasteiger partial charge in [0.25, 0.3) is 5.91 Å². The molecule has 5 rings (SSSR count). The van der Waals surface area contributed by atoms with E-state index in [1.165, 1.54) is 0 Å². The van der Waals surface area contributed by atoms with Crippen LogP contribution in [0, 0.1) is 3.57 Å². The summed E-state index contributed by atoms with van der Waals surface area (Å²) in [7, 11) is 0. The second-order valence-corrected chi connectivity index (χ2v) is 8.04. The highest BCUT2D eigenvalue weighted by atomic mass is 127. The van der Waals surface area contributed by atoms with Crippen LogP contribution in [-0.4, -0.2) is 30.7 Å². The molecule has 0 aliphatic carbocycles. The van der Waals surface area contributed by atoms with Crippen molar-refractivity contribution in [1.29, 1.82) is 0 Å². The molecule has 5 aromatic rings. The molecule has 0 radical (unpaired) electrons. The second-order valence-electron chi connectivity index (χ2n) is 6.79. The summed E-state index contributed by atoms with van der Waals surface area (Å²) < 4.78 is 2.79. The zero-order chi connectivity index (χ0) is 21.2. The molecule has 31 heavy (non-hydrogen) atoms. The molecule has 0 unspecified atom stereocenters. The molecule has 1 N–H and O–H groups in total. The summed E-state index contributed by atoms with van der Waals surface area (Å²) in [6.07, 6.45) is 3.44. The van der Waals surface area contributed by atoms with Crippen LogP contribution in [0.2, 0.25) is 0 Å². The molecule has 0 aliphatic rings. The Morgan fingerprint density at radius 1 is 0.871 bits per heavy atom. The van der Waals surface area contributed by atoms with E-state index >= 15 is 0 Å². The molecule has 2 aromatic carbocycles. The van der Waals surface area contributed by atoms with Crippen LogP contribution in [0.3, 0.4) is 0 Å². The summed E-state index contributed by atoms with van der Waals surface area (Å²) >= 11 is 2.21. The molecule has 0 fully saturated rings. The predicted molar refractivity (Wildman–Crippen MR) is 127 cm³/mol. The largest absolute Gasteiger partial charge is 0.322 e. The number of hydrogen-bond donors (Lipinski definition) is 1. The number of amides is 1. The molecule has 0 aliphatic heterocycles. The van der Waals surface area contributed by atoms with Crippen LogP contribution in [0.25, 0.3) is 28.3 Å². The van der Waals surface area contributed by atoms with Gasteiger partial charge in [0, 0.05) is 38.3 Å². The van der Waals surface area contributed by atoms with E-state index < -0.39 is 0 Å². The summed E-state index contributed by atoms with van der Waals surface area (Å²) in [5.74, 6) is 0.487. The van der Waals surface area contributed by atoms with Gasteiger partial charge in [-0.1, -0.05) is 12.1 Å². The number of rotatable bonds is 4. The van der Waals surface area contributed by atoms with Gasteiger partial charge in [0.2, 0.25) is 0 Å². The van der Waals surface area contributed by atoms with Crippen molar-refractivity contribution >= 4 is 39.8 Å². The van der Waals surface area contributed by atoms with Crippen molar-refractivity contribution in [1.82, 2.24) is 24.8 Å². The van der Waals surface area contributed by atoms with E-state index in [2.05, 4.69) is 43.1 Å². The molecule has 1 amide bonds. The first kappa shape index (κ1) is 19.3. The van der Waals surface area contributed by atoms with Crippen LogP contribution in [-0.2, 0) is 0 Å². The lowest BCUT2D eigenvalue weighted by Gasteiger charge is -2.07. The fourth-order valence-electron chi connectivity index (χ4n) is 3.15. The first-order valence-electron chi connectivity index (χ1n) is 9.47. The third-order valence-electron chi connectivity index (χ3n) is 4.73. The van der Waals surface area contributed by atoms with E-state index in [1.807, 2.05) is 72.8 Å². The highest BCUT2D eigenvalue weighted by Crippen LogP contribution is 2.22. The van der Waals surface area contributed by atoms with Crippen LogP contribution in [0.1, 0.15) is 10.4 Å². The number of nitrogens with one attached hydrogen (secondary N) is 1. The molecule has 0 atom stereocenters. The van der Waals surface area contributed by atoms with Crippen molar-refractivity contribution in [3.05, 3.63) is 94.3 Å². The van der Waals surface area contributed by atoms with E-state index in [0.717, 1.165) is 20.4 Å². The minimum atomic E-state index is -0.144. The summed E-state index contributed by atoms with van der Waals surface area (Å²) in [6, 6.07) is 22.5. The monoisotopic (exact) mass is 518 g/mol. The fourth-order valence-corrected chi connectivity index (χ4v) is 3.51. The van der Waals surface area contributed by atoms with Gasteiger partial charge in [0.05, 0.1) is 5.69 Å². The Labute approximate surface area is 191 Å². The zero-order valence-corrected chi connectivity index (χ0v) is 18.3. The normalized spacial score (nSPS) is 10.9. The SMILES string of the molecule is O=C(Nc1ccc(-c2ccc3nnc(-c4cccnc4)n3n2)cc1)c1ccc(I)cc1. The van der Waals surface area contributed by atoms with Gasteiger partial charge < -0.3 is 5.32 Å². The number of halogens is 1. The van der Waals surface area contributed by atoms with Gasteiger partial charge in [-0.25, -0.2) is 0 Å². The molecule has 0 saturated carbocycles. The summed E-state index contributed by atoms with van der Waals surface area (Å²) in [5.41, 5.74) is 4.52. The quantitative estimate of drug-likeness (QED) is 0.349. The minimum Gasteiger partial charge on any atom is -0.322 e. The molecular weight excluding hydrogens is 503 g/mol. The molecule has 7 nitrogen and oxygen atoms in total. The number of fused-ring (bicyclic) bond motifs is 1. The van der Waals surface area contributed by atoms with E-state index in [0.29, 0.717) is 22.7 Å². The zero-order valence-electron chi connectivity index (χ0n) is 16.1. The Balaban J connectivity index is 1.40. The Bertz CT molecular complexity index is 1370. The van der Waals surface area contributed by atoms with Gasteiger partial charge in [0.15, 0.2) is 11.5 Å². The average Bonchev–Trinajstić information content (AvgIpc) is 3.24. The third-order valence-corrected chi connectivity index (χ3v) is 5.45. The van der Waals surface area contributed by atoms with Gasteiger partial charge in [-0.05, 0) is 83.3 Å². The van der Waals surface area contributed by atoms with Crippen LogP contribution in [0.4, 0.5) is 5.69 Å². The van der Waals surface area contributed by atoms with Gasteiger partial charge in [-0.15, -0.1) is 10.2 Å². The van der Waals surface area contributed by atoms with Crippen LogP contribution >= 0.6 is 22.6 Å². The van der Waals surface area contributed by atoms with Gasteiger partial charge >= 0.3 is 0 Å². The molecule has 8 heteroatoms. The maximum atomic E-state index is 12.4. The predicted octanol–water partition coefficient (Wildman–Crippen LogP) is 4.71. The number of anilines is 1. The lowest BCUT2D eigenvalue weighted by molar-refractivity contribution is 0.102. The summed E-state index contributed by atoms with van der Waals surface area (Å²) in [6.45, 7) is 0. The molecule has 3 aromatic heterocycles. The lowest BCUT2D eigenvalue weighted by atomic mass is 10.1. The molecule has 0 saturated heterocycles. The molecule has 0 bridgehead atoms. The molecular formula is C23H15IN6O. The Hall–Kier alpha value is -3.66. The van der Waals surface area contributed by atoms with Gasteiger partial charge in [0.1, 0.15) is 0 Å². The number of nitrogens with zero attached hydrogens (tertiary/aromatic N) is 5. The van der Waals surface area contributed by atoms with E-state index in [-0.39, 0.29) is 5.91 Å². The van der Waals surface area contributed by atoms with Crippen molar-refractivity contribution in [3.63, 3.8) is 0 Å². The summed E-state index contributed by atoms with van der Waals surface area (Å²) in [4.78, 5) is 16.6.